The summed E-state index contributed by atoms with van der Waals surface area (Å²) in [5.74, 6) is 1.40. The molecule has 1 heterocycles. The first kappa shape index (κ1) is 23.3. The van der Waals surface area contributed by atoms with E-state index in [2.05, 4.69) is 4.98 Å². The van der Waals surface area contributed by atoms with Crippen LogP contribution in [0.5, 0.6) is 23.0 Å². The molecule has 32 heavy (non-hydrogen) atoms. The van der Waals surface area contributed by atoms with Crippen molar-refractivity contribution >= 4 is 28.6 Å². The first-order chi connectivity index (χ1) is 15.5. The van der Waals surface area contributed by atoms with Crippen molar-refractivity contribution in [1.82, 2.24) is 4.98 Å². The Morgan fingerprint density at radius 2 is 1.66 bits per heavy atom. The number of aromatic amines is 1. The zero-order chi connectivity index (χ0) is 23.3. The second kappa shape index (κ2) is 10.3. The molecule has 0 fully saturated rings. The third-order valence-electron chi connectivity index (χ3n) is 4.78. The highest BCUT2D eigenvalue weighted by Gasteiger charge is 2.26. The topological polar surface area (TPSA) is 96.1 Å². The Hall–Kier alpha value is -3.33. The highest BCUT2D eigenvalue weighted by atomic mass is 32.2. The number of nitrogens with one attached hydrogen (secondary N) is 1. The van der Waals surface area contributed by atoms with Crippen LogP contribution in [-0.2, 0) is 10.5 Å². The van der Waals surface area contributed by atoms with Gasteiger partial charge in [0.2, 0.25) is 11.2 Å². The number of methoxy groups -OCH3 is 4. The van der Waals surface area contributed by atoms with E-state index in [-0.39, 0.29) is 29.1 Å². The van der Waals surface area contributed by atoms with Crippen molar-refractivity contribution in [2.75, 3.05) is 35.0 Å². The molecule has 170 valence electrons. The van der Waals surface area contributed by atoms with Gasteiger partial charge in [-0.1, -0.05) is 12.1 Å². The number of H-pyrrole nitrogens is 1. The molecule has 3 rings (SSSR count). The molecule has 0 unspecified atom stereocenters. The second-order valence-electron chi connectivity index (χ2n) is 6.58. The molecule has 0 atom stereocenters. The van der Waals surface area contributed by atoms with Gasteiger partial charge in [0.15, 0.2) is 11.5 Å². The van der Waals surface area contributed by atoms with Gasteiger partial charge in [0.1, 0.15) is 11.3 Å². The summed E-state index contributed by atoms with van der Waals surface area (Å²) in [5, 5.41) is 0.577. The number of ether oxygens (including phenoxy) is 5. The molecule has 0 aliphatic rings. The molecule has 0 aliphatic heterocycles. The first-order valence-corrected chi connectivity index (χ1v) is 10.8. The van der Waals surface area contributed by atoms with Crippen molar-refractivity contribution in [3.63, 3.8) is 0 Å². The van der Waals surface area contributed by atoms with E-state index in [1.54, 1.807) is 20.1 Å². The number of carbonyl (C=O) groups is 1. The van der Waals surface area contributed by atoms with Gasteiger partial charge in [0, 0.05) is 11.8 Å². The molecule has 0 radical (unpaired) electrons. The summed E-state index contributed by atoms with van der Waals surface area (Å²) in [6.07, 6.45) is 0. The molecule has 2 aromatic carbocycles. The van der Waals surface area contributed by atoms with Crippen LogP contribution in [0.15, 0.2) is 40.2 Å². The van der Waals surface area contributed by atoms with Crippen molar-refractivity contribution in [2.24, 2.45) is 0 Å². The zero-order valence-corrected chi connectivity index (χ0v) is 19.4. The van der Waals surface area contributed by atoms with Crippen LogP contribution in [-0.4, -0.2) is 46.0 Å². The lowest BCUT2D eigenvalue weighted by Gasteiger charge is -2.16. The monoisotopic (exact) mass is 459 g/mol. The molecule has 0 saturated heterocycles. The van der Waals surface area contributed by atoms with E-state index in [1.165, 1.54) is 33.1 Å². The zero-order valence-electron chi connectivity index (χ0n) is 18.6. The maximum absolute atomic E-state index is 13.5. The van der Waals surface area contributed by atoms with Crippen LogP contribution >= 0.6 is 11.8 Å². The summed E-state index contributed by atoms with van der Waals surface area (Å²) in [5.41, 5.74) is 0.863. The minimum absolute atomic E-state index is 0.0802. The van der Waals surface area contributed by atoms with Crippen molar-refractivity contribution in [1.29, 1.82) is 0 Å². The fourth-order valence-corrected chi connectivity index (χ4v) is 4.27. The van der Waals surface area contributed by atoms with Crippen molar-refractivity contribution in [3.8, 4) is 23.0 Å². The molecule has 3 aromatic rings. The number of pyridine rings is 1. The summed E-state index contributed by atoms with van der Waals surface area (Å²) in [6, 6.07) is 9.20. The van der Waals surface area contributed by atoms with Crippen molar-refractivity contribution < 1.29 is 28.5 Å². The third-order valence-corrected chi connectivity index (χ3v) is 5.85. The predicted molar refractivity (Wildman–Crippen MR) is 123 cm³/mol. The van der Waals surface area contributed by atoms with E-state index in [0.717, 1.165) is 11.3 Å². The van der Waals surface area contributed by atoms with Gasteiger partial charge >= 0.3 is 5.97 Å². The molecule has 0 bridgehead atoms. The van der Waals surface area contributed by atoms with Crippen LogP contribution < -0.4 is 24.4 Å². The van der Waals surface area contributed by atoms with Gasteiger partial charge in [0.25, 0.3) is 0 Å². The highest BCUT2D eigenvalue weighted by Crippen LogP contribution is 2.42. The quantitative estimate of drug-likeness (QED) is 0.378. The number of hydrogen-bond donors (Lipinski definition) is 1. The fourth-order valence-electron chi connectivity index (χ4n) is 3.27. The van der Waals surface area contributed by atoms with E-state index >= 15 is 0 Å². The molecule has 1 N–H and O–H groups in total. The molecule has 0 spiro atoms. The van der Waals surface area contributed by atoms with E-state index < -0.39 is 11.4 Å². The van der Waals surface area contributed by atoms with E-state index in [1.807, 2.05) is 24.3 Å². The summed E-state index contributed by atoms with van der Waals surface area (Å²) in [6.45, 7) is 1.83. The summed E-state index contributed by atoms with van der Waals surface area (Å²) in [4.78, 5) is 29.4. The smallest absolute Gasteiger partial charge is 0.344 e. The maximum Gasteiger partial charge on any atom is 0.344 e. The Kier molecular flexibility index (Phi) is 7.53. The number of esters is 1. The van der Waals surface area contributed by atoms with Gasteiger partial charge in [-0.15, -0.1) is 11.8 Å². The van der Waals surface area contributed by atoms with Crippen LogP contribution in [0.2, 0.25) is 0 Å². The Bertz CT molecular complexity index is 1170. The highest BCUT2D eigenvalue weighted by molar-refractivity contribution is 7.98. The number of carbonyl (C=O) groups excluding carboxylic acids is 1. The summed E-state index contributed by atoms with van der Waals surface area (Å²) < 4.78 is 26.6. The fraction of sp³-hybridized carbons (Fsp3) is 0.304. The minimum atomic E-state index is -0.704. The Morgan fingerprint density at radius 1 is 0.969 bits per heavy atom. The van der Waals surface area contributed by atoms with E-state index in [4.69, 9.17) is 23.7 Å². The number of benzene rings is 2. The molecule has 9 heteroatoms. The third kappa shape index (κ3) is 4.47. The Morgan fingerprint density at radius 3 is 2.22 bits per heavy atom. The van der Waals surface area contributed by atoms with E-state index in [9.17, 15) is 9.59 Å². The van der Waals surface area contributed by atoms with Crippen molar-refractivity contribution in [2.45, 2.75) is 17.7 Å². The molecule has 0 saturated carbocycles. The molecule has 8 nitrogen and oxygen atoms in total. The molecule has 0 amide bonds. The van der Waals surface area contributed by atoms with Crippen LogP contribution in [0.3, 0.4) is 0 Å². The average molecular weight is 460 g/mol. The Labute approximate surface area is 189 Å². The van der Waals surface area contributed by atoms with Crippen LogP contribution in [0.4, 0.5) is 0 Å². The molecule has 1 aromatic heterocycles. The van der Waals surface area contributed by atoms with Crippen molar-refractivity contribution in [3.05, 3.63) is 51.7 Å². The number of rotatable bonds is 9. The first-order valence-electron chi connectivity index (χ1n) is 9.80. The van der Waals surface area contributed by atoms with Crippen LogP contribution in [0.1, 0.15) is 22.8 Å². The van der Waals surface area contributed by atoms with Gasteiger partial charge in [-0.25, -0.2) is 4.79 Å². The van der Waals surface area contributed by atoms with Crippen LogP contribution in [0.25, 0.3) is 10.9 Å². The number of fused-ring (bicyclic) bond motifs is 1. The van der Waals surface area contributed by atoms with Gasteiger partial charge < -0.3 is 28.7 Å². The maximum atomic E-state index is 13.5. The number of aromatic nitrogens is 1. The lowest BCUT2D eigenvalue weighted by molar-refractivity contribution is 0.0520. The average Bonchev–Trinajstić information content (AvgIpc) is 2.81. The standard InChI is InChI=1S/C23H25NO7S/c1-6-31-23(26)18-19(25)17-15(11-16(28-3)20(29-4)21(17)30-5)24-22(18)32-12-13-7-9-14(27-2)10-8-13/h7-11H,6,12H2,1-5H3,(H,24,25). The Balaban J connectivity index is 2.17. The molecular weight excluding hydrogens is 434 g/mol. The summed E-state index contributed by atoms with van der Waals surface area (Å²) >= 11 is 1.32. The second-order valence-corrected chi connectivity index (χ2v) is 7.57. The van der Waals surface area contributed by atoms with Gasteiger partial charge in [-0.05, 0) is 24.6 Å². The number of thioether (sulfide) groups is 1. The lowest BCUT2D eigenvalue weighted by atomic mass is 10.1. The van der Waals surface area contributed by atoms with Crippen LogP contribution in [0, 0.1) is 0 Å². The summed E-state index contributed by atoms with van der Waals surface area (Å²) in [7, 11) is 5.97. The molecule has 0 aliphatic carbocycles. The van der Waals surface area contributed by atoms with Gasteiger partial charge in [-0.3, -0.25) is 4.79 Å². The SMILES string of the molecule is CCOC(=O)c1c(SCc2ccc(OC)cc2)[nH]c2cc(OC)c(OC)c(OC)c2c1=O. The largest absolute Gasteiger partial charge is 0.497 e. The molecular formula is C23H25NO7S. The normalized spacial score (nSPS) is 10.7. The van der Waals surface area contributed by atoms with E-state index in [0.29, 0.717) is 22.0 Å². The minimum Gasteiger partial charge on any atom is -0.497 e. The number of hydrogen-bond acceptors (Lipinski definition) is 8. The lowest BCUT2D eigenvalue weighted by Crippen LogP contribution is -2.21. The van der Waals surface area contributed by atoms with Gasteiger partial charge in [-0.2, -0.15) is 0 Å². The predicted octanol–water partition coefficient (Wildman–Crippen LogP) is 4.03. The van der Waals surface area contributed by atoms with Gasteiger partial charge in [0.05, 0.1) is 51.0 Å².